The van der Waals surface area contributed by atoms with E-state index in [1.54, 1.807) is 42.5 Å². The minimum atomic E-state index is -4.78. The molecular formula is C54H26F3N7. The number of rotatable bonds is 5. The van der Waals surface area contributed by atoms with Gasteiger partial charge in [0.15, 0.2) is 11.4 Å². The molecule has 0 amide bonds. The van der Waals surface area contributed by atoms with Gasteiger partial charge in [-0.1, -0.05) is 78.9 Å². The first-order valence-corrected chi connectivity index (χ1v) is 19.8. The second kappa shape index (κ2) is 14.9. The van der Waals surface area contributed by atoms with Gasteiger partial charge in [-0.25, -0.2) is 9.69 Å². The van der Waals surface area contributed by atoms with Crippen molar-refractivity contribution in [1.82, 2.24) is 9.13 Å². The maximum atomic E-state index is 15.4. The van der Waals surface area contributed by atoms with Crippen LogP contribution >= 0.6 is 0 Å². The van der Waals surface area contributed by atoms with Crippen molar-refractivity contribution >= 4 is 55.0 Å². The van der Waals surface area contributed by atoms with Gasteiger partial charge in [-0.05, 0) is 107 Å². The number of halogens is 3. The summed E-state index contributed by atoms with van der Waals surface area (Å²) >= 11 is 0. The summed E-state index contributed by atoms with van der Waals surface area (Å²) in [6, 6.07) is 51.6. The number of aromatic nitrogens is 2. The molecule has 0 aliphatic carbocycles. The van der Waals surface area contributed by atoms with Gasteiger partial charge in [0, 0.05) is 38.2 Å². The summed E-state index contributed by atoms with van der Waals surface area (Å²) in [5.74, 6) is 0. The van der Waals surface area contributed by atoms with Crippen molar-refractivity contribution in [2.75, 3.05) is 0 Å². The number of benzene rings is 8. The van der Waals surface area contributed by atoms with Gasteiger partial charge in [0.25, 0.3) is 0 Å². The molecule has 0 unspecified atom stereocenters. The standard InChI is InChI=1S/C54H26F3N7/c1-61-39-21-32(29-58)19-37(25-39)35-15-17-43-41-9-4-7-13-47(41)63(49(43)27-35)51-23-34(31-60)24-52(53(51)45-11-3-6-12-46(45)54(55,56)57)64-48-14-8-5-10-42(48)44-18-16-36(28-50(44)64)38-20-33(30-59)22-40(26-38)62-2/h3-28H. The zero-order valence-electron chi connectivity index (χ0n) is 33.3. The fourth-order valence-electron chi connectivity index (χ4n) is 8.89. The van der Waals surface area contributed by atoms with E-state index in [9.17, 15) is 15.8 Å². The molecule has 0 radical (unpaired) electrons. The molecule has 0 bridgehead atoms. The van der Waals surface area contributed by atoms with E-state index in [4.69, 9.17) is 13.1 Å². The van der Waals surface area contributed by atoms with Gasteiger partial charge in [0.2, 0.25) is 0 Å². The average Bonchev–Trinajstić information content (AvgIpc) is 3.84. The molecule has 0 atom stereocenters. The summed E-state index contributed by atoms with van der Waals surface area (Å²) in [6.07, 6.45) is -4.78. The van der Waals surface area contributed by atoms with Crippen LogP contribution in [-0.4, -0.2) is 9.13 Å². The summed E-state index contributed by atoms with van der Waals surface area (Å²) < 4.78 is 50.0. The second-order valence-corrected chi connectivity index (χ2v) is 15.2. The first-order valence-electron chi connectivity index (χ1n) is 19.8. The van der Waals surface area contributed by atoms with Gasteiger partial charge in [-0.2, -0.15) is 29.0 Å². The molecule has 0 saturated carbocycles. The summed E-state index contributed by atoms with van der Waals surface area (Å²) in [6.45, 7) is 15.4. The third-order valence-corrected chi connectivity index (χ3v) is 11.6. The highest BCUT2D eigenvalue weighted by Crippen LogP contribution is 2.47. The molecule has 0 aliphatic heterocycles. The SMILES string of the molecule is [C-]#[N+]c1cc(C#N)cc(-c2ccc3c4ccccc4n(-c4cc(C#N)cc(-n5c6ccccc6c6ccc(-c7cc(C#N)cc([N+]#[C-])c7)cc65)c4-c4ccccc4C(F)(F)F)c3c2)c1. The van der Waals surface area contributed by atoms with Crippen molar-refractivity contribution in [3.05, 3.63) is 203 Å². The lowest BCUT2D eigenvalue weighted by molar-refractivity contribution is -0.137. The smallest absolute Gasteiger partial charge is 0.308 e. The number of para-hydroxylation sites is 2. The first-order chi connectivity index (χ1) is 31.1. The van der Waals surface area contributed by atoms with E-state index in [0.717, 1.165) is 27.6 Å². The van der Waals surface area contributed by atoms with E-state index in [1.165, 1.54) is 24.3 Å². The molecule has 0 fully saturated rings. The Labute approximate surface area is 363 Å². The maximum Gasteiger partial charge on any atom is 0.417 e. The summed E-state index contributed by atoms with van der Waals surface area (Å²) in [5, 5.41) is 33.7. The Morgan fingerprint density at radius 3 is 1.31 bits per heavy atom. The van der Waals surface area contributed by atoms with Gasteiger partial charge in [0.05, 0.1) is 75.9 Å². The number of alkyl halides is 3. The van der Waals surface area contributed by atoms with Crippen molar-refractivity contribution in [2.24, 2.45) is 0 Å². The van der Waals surface area contributed by atoms with Crippen LogP contribution in [0, 0.1) is 47.1 Å². The van der Waals surface area contributed by atoms with E-state index in [-0.39, 0.29) is 28.1 Å². The Hall–Kier alpha value is -9.40. The largest absolute Gasteiger partial charge is 0.417 e. The molecule has 0 spiro atoms. The number of fused-ring (bicyclic) bond motifs is 6. The second-order valence-electron chi connectivity index (χ2n) is 15.2. The first kappa shape index (κ1) is 38.8. The van der Waals surface area contributed by atoms with Gasteiger partial charge in [-0.3, -0.25) is 0 Å². The van der Waals surface area contributed by atoms with Crippen LogP contribution < -0.4 is 0 Å². The molecule has 10 rings (SSSR count). The van der Waals surface area contributed by atoms with Crippen LogP contribution in [0.5, 0.6) is 0 Å². The topological polar surface area (TPSA) is 90.0 Å². The van der Waals surface area contributed by atoms with Crippen molar-refractivity contribution < 1.29 is 13.2 Å². The Bertz CT molecular complexity index is 3570. The lowest BCUT2D eigenvalue weighted by Crippen LogP contribution is -2.11. The van der Waals surface area contributed by atoms with Crippen LogP contribution in [0.1, 0.15) is 22.3 Å². The molecule has 2 heterocycles. The van der Waals surface area contributed by atoms with Crippen molar-refractivity contribution in [1.29, 1.82) is 15.8 Å². The number of nitrogens with zero attached hydrogens (tertiary/aromatic N) is 7. The predicted octanol–water partition coefficient (Wildman–Crippen LogP) is 14.6. The summed E-state index contributed by atoms with van der Waals surface area (Å²) in [5.41, 5.74) is 6.37. The van der Waals surface area contributed by atoms with Gasteiger partial charge in [0.1, 0.15) is 0 Å². The monoisotopic (exact) mass is 829 g/mol. The normalized spacial score (nSPS) is 11.3. The third kappa shape index (κ3) is 6.26. The van der Waals surface area contributed by atoms with E-state index in [0.29, 0.717) is 66.8 Å². The molecular weight excluding hydrogens is 804 g/mol. The van der Waals surface area contributed by atoms with Crippen LogP contribution in [0.25, 0.3) is 98.1 Å². The van der Waals surface area contributed by atoms with E-state index in [1.807, 2.05) is 94.1 Å². The molecule has 0 N–H and O–H groups in total. The average molecular weight is 830 g/mol. The molecule has 64 heavy (non-hydrogen) atoms. The highest BCUT2D eigenvalue weighted by atomic mass is 19.4. The quantitative estimate of drug-likeness (QED) is 0.162. The number of hydrogen-bond acceptors (Lipinski definition) is 3. The molecule has 0 aliphatic rings. The van der Waals surface area contributed by atoms with E-state index < -0.39 is 11.7 Å². The summed E-state index contributed by atoms with van der Waals surface area (Å²) in [4.78, 5) is 7.16. The highest BCUT2D eigenvalue weighted by molar-refractivity contribution is 6.13. The number of nitriles is 3. The minimum Gasteiger partial charge on any atom is -0.308 e. The van der Waals surface area contributed by atoms with Crippen LogP contribution in [0.4, 0.5) is 24.5 Å². The Morgan fingerprint density at radius 1 is 0.438 bits per heavy atom. The van der Waals surface area contributed by atoms with Crippen LogP contribution in [0.3, 0.4) is 0 Å². The molecule has 2 aromatic heterocycles. The van der Waals surface area contributed by atoms with E-state index >= 15 is 13.2 Å². The van der Waals surface area contributed by atoms with Crippen molar-refractivity contribution in [3.8, 4) is 63.0 Å². The van der Waals surface area contributed by atoms with Crippen molar-refractivity contribution in [2.45, 2.75) is 6.18 Å². The molecule has 10 heteroatoms. The van der Waals surface area contributed by atoms with Crippen LogP contribution in [-0.2, 0) is 6.18 Å². The predicted molar refractivity (Wildman–Crippen MR) is 243 cm³/mol. The zero-order valence-corrected chi connectivity index (χ0v) is 33.3. The third-order valence-electron chi connectivity index (χ3n) is 11.6. The fraction of sp³-hybridized carbons (Fsp3) is 0.0185. The van der Waals surface area contributed by atoms with Gasteiger partial charge in [-0.15, -0.1) is 0 Å². The molecule has 10 aromatic rings. The van der Waals surface area contributed by atoms with Gasteiger partial charge < -0.3 is 9.13 Å². The number of hydrogen-bond donors (Lipinski definition) is 0. The lowest BCUT2D eigenvalue weighted by atomic mass is 9.94. The maximum absolute atomic E-state index is 15.4. The lowest BCUT2D eigenvalue weighted by Gasteiger charge is -2.23. The Morgan fingerprint density at radius 2 is 0.859 bits per heavy atom. The van der Waals surface area contributed by atoms with Gasteiger partial charge >= 0.3 is 6.18 Å². The Kier molecular flexibility index (Phi) is 9.06. The zero-order chi connectivity index (χ0) is 44.3. The van der Waals surface area contributed by atoms with E-state index in [2.05, 4.69) is 27.9 Å². The molecule has 8 aromatic carbocycles. The fourth-order valence-corrected chi connectivity index (χ4v) is 8.89. The van der Waals surface area contributed by atoms with Crippen LogP contribution in [0.15, 0.2) is 158 Å². The minimum absolute atomic E-state index is 0.111. The Balaban J connectivity index is 1.38. The van der Waals surface area contributed by atoms with Crippen molar-refractivity contribution in [3.63, 3.8) is 0 Å². The molecule has 298 valence electrons. The molecule has 7 nitrogen and oxygen atoms in total. The van der Waals surface area contributed by atoms with Crippen LogP contribution in [0.2, 0.25) is 0 Å². The highest BCUT2D eigenvalue weighted by Gasteiger charge is 2.35. The molecule has 0 saturated heterocycles. The summed E-state index contributed by atoms with van der Waals surface area (Å²) in [7, 11) is 0.